The minimum absolute atomic E-state index is 0.303. The highest BCUT2D eigenvalue weighted by molar-refractivity contribution is 5.88. The number of benzene rings is 1. The van der Waals surface area contributed by atoms with Gasteiger partial charge in [-0.15, -0.1) is 13.2 Å². The molecule has 0 bridgehead atoms. The van der Waals surface area contributed by atoms with Gasteiger partial charge in [0.25, 0.3) is 0 Å². The van der Waals surface area contributed by atoms with Gasteiger partial charge in [-0.3, -0.25) is 4.98 Å². The highest BCUT2D eigenvalue weighted by Crippen LogP contribution is 2.29. The van der Waals surface area contributed by atoms with Gasteiger partial charge < -0.3 is 15.0 Å². The van der Waals surface area contributed by atoms with E-state index < -0.39 is 6.36 Å². The van der Waals surface area contributed by atoms with Gasteiger partial charge in [-0.2, -0.15) is 0 Å². The molecule has 2 N–H and O–H groups in total. The number of halogens is 3. The lowest BCUT2D eigenvalue weighted by atomic mass is 10.2. The second kappa shape index (κ2) is 7.78. The fourth-order valence-electron chi connectivity index (χ4n) is 2.90. The molecule has 0 aliphatic rings. The van der Waals surface area contributed by atoms with Crippen LogP contribution in [0.4, 0.5) is 19.0 Å². The largest absolute Gasteiger partial charge is 0.573 e. The Hall–Kier alpha value is -3.62. The van der Waals surface area contributed by atoms with Crippen LogP contribution in [0, 0.1) is 0 Å². The fraction of sp³-hybridized carbons (Fsp3) is 0.150. The van der Waals surface area contributed by atoms with Crippen LogP contribution >= 0.6 is 0 Å². The number of H-pyrrole nitrogens is 1. The predicted molar refractivity (Wildman–Crippen MR) is 102 cm³/mol. The number of hydrogen-bond acceptors (Lipinski definition) is 5. The number of hydrogen-bond donors (Lipinski definition) is 2. The van der Waals surface area contributed by atoms with Gasteiger partial charge in [0.15, 0.2) is 5.82 Å². The lowest BCUT2D eigenvalue weighted by Gasteiger charge is -2.09. The topological polar surface area (TPSA) is 75.7 Å². The van der Waals surface area contributed by atoms with E-state index in [4.69, 9.17) is 0 Å². The molecule has 0 saturated heterocycles. The number of nitrogens with zero attached hydrogens (tertiary/aromatic N) is 3. The Balaban J connectivity index is 1.55. The van der Waals surface area contributed by atoms with E-state index in [0.717, 1.165) is 11.2 Å². The summed E-state index contributed by atoms with van der Waals surface area (Å²) in [6.45, 7) is 0.611. The quantitative estimate of drug-likeness (QED) is 0.497. The Kier molecular flexibility index (Phi) is 5.03. The van der Waals surface area contributed by atoms with Gasteiger partial charge in [0.05, 0.1) is 5.52 Å². The summed E-state index contributed by atoms with van der Waals surface area (Å²) < 4.78 is 41.4. The number of nitrogens with one attached hydrogen (secondary N) is 2. The van der Waals surface area contributed by atoms with Crippen LogP contribution in [0.15, 0.2) is 60.9 Å². The molecule has 4 rings (SSSR count). The van der Waals surface area contributed by atoms with Crippen LogP contribution in [0.25, 0.3) is 22.4 Å². The Bertz CT molecular complexity index is 1110. The summed E-state index contributed by atoms with van der Waals surface area (Å²) >= 11 is 0. The van der Waals surface area contributed by atoms with E-state index >= 15 is 0 Å². The summed E-state index contributed by atoms with van der Waals surface area (Å²) in [4.78, 5) is 16.2. The van der Waals surface area contributed by atoms with Gasteiger partial charge in [0.2, 0.25) is 0 Å². The van der Waals surface area contributed by atoms with Crippen LogP contribution in [0.5, 0.6) is 5.75 Å². The average molecular weight is 399 g/mol. The fourth-order valence-corrected chi connectivity index (χ4v) is 2.90. The average Bonchev–Trinajstić information content (AvgIpc) is 3.13. The molecule has 148 valence electrons. The van der Waals surface area contributed by atoms with Crippen LogP contribution in [0.2, 0.25) is 0 Å². The summed E-state index contributed by atoms with van der Waals surface area (Å²) in [6.07, 6.45) is -0.657. The molecule has 29 heavy (non-hydrogen) atoms. The summed E-state index contributed by atoms with van der Waals surface area (Å²) in [6, 6.07) is 13.1. The predicted octanol–water partition coefficient (Wildman–Crippen LogP) is 4.57. The molecular weight excluding hydrogens is 383 g/mol. The van der Waals surface area contributed by atoms with Crippen molar-refractivity contribution in [3.8, 4) is 17.1 Å². The van der Waals surface area contributed by atoms with E-state index in [0.29, 0.717) is 35.7 Å². The SMILES string of the molecule is FC(F)(F)Oc1cccc(-c2nc3c(NCCc4ccccn4)nccc3[nH]2)c1. The molecule has 0 aliphatic heterocycles. The molecule has 0 aliphatic carbocycles. The van der Waals surface area contributed by atoms with E-state index in [-0.39, 0.29) is 5.75 Å². The summed E-state index contributed by atoms with van der Waals surface area (Å²) in [7, 11) is 0. The van der Waals surface area contributed by atoms with Crippen molar-refractivity contribution in [2.45, 2.75) is 12.8 Å². The molecule has 0 saturated carbocycles. The second-order valence-corrected chi connectivity index (χ2v) is 6.21. The number of aromatic nitrogens is 4. The third-order valence-electron chi connectivity index (χ3n) is 4.14. The zero-order valence-electron chi connectivity index (χ0n) is 15.1. The summed E-state index contributed by atoms with van der Waals surface area (Å²) in [5, 5.41) is 3.24. The third kappa shape index (κ3) is 4.63. The number of alkyl halides is 3. The van der Waals surface area contributed by atoms with Crippen molar-refractivity contribution in [1.29, 1.82) is 0 Å². The van der Waals surface area contributed by atoms with Crippen LogP contribution < -0.4 is 10.1 Å². The minimum Gasteiger partial charge on any atom is -0.406 e. The highest BCUT2D eigenvalue weighted by Gasteiger charge is 2.31. The van der Waals surface area contributed by atoms with E-state index in [9.17, 15) is 13.2 Å². The summed E-state index contributed by atoms with van der Waals surface area (Å²) in [5.41, 5.74) is 2.75. The lowest BCUT2D eigenvalue weighted by molar-refractivity contribution is -0.274. The molecule has 0 amide bonds. The number of pyridine rings is 2. The molecule has 0 atom stereocenters. The lowest BCUT2D eigenvalue weighted by Crippen LogP contribution is -2.17. The Morgan fingerprint density at radius 3 is 2.69 bits per heavy atom. The molecule has 4 aromatic rings. The van der Waals surface area contributed by atoms with Crippen molar-refractivity contribution in [3.05, 3.63) is 66.6 Å². The van der Waals surface area contributed by atoms with Crippen LogP contribution in [-0.4, -0.2) is 32.8 Å². The molecule has 0 radical (unpaired) electrons. The molecule has 6 nitrogen and oxygen atoms in total. The van der Waals surface area contributed by atoms with E-state index in [1.807, 2.05) is 18.2 Å². The zero-order valence-corrected chi connectivity index (χ0v) is 15.1. The first-order chi connectivity index (χ1) is 14.0. The Labute approximate surface area is 163 Å². The number of imidazole rings is 1. The van der Waals surface area contributed by atoms with Gasteiger partial charge in [0.1, 0.15) is 17.1 Å². The van der Waals surface area contributed by atoms with Gasteiger partial charge in [-0.25, -0.2) is 9.97 Å². The van der Waals surface area contributed by atoms with Gasteiger partial charge in [-0.05, 0) is 30.3 Å². The highest BCUT2D eigenvalue weighted by atomic mass is 19.4. The first-order valence-electron chi connectivity index (χ1n) is 8.83. The molecule has 0 spiro atoms. The molecule has 9 heteroatoms. The molecule has 0 fully saturated rings. The van der Waals surface area contributed by atoms with Crippen molar-refractivity contribution < 1.29 is 17.9 Å². The number of rotatable bonds is 6. The third-order valence-corrected chi connectivity index (χ3v) is 4.14. The van der Waals surface area contributed by atoms with E-state index in [1.165, 1.54) is 18.2 Å². The smallest absolute Gasteiger partial charge is 0.406 e. The maximum atomic E-state index is 12.5. The van der Waals surface area contributed by atoms with Crippen molar-refractivity contribution in [2.75, 3.05) is 11.9 Å². The van der Waals surface area contributed by atoms with Gasteiger partial charge in [0, 0.05) is 36.6 Å². The molecule has 1 aromatic carbocycles. The van der Waals surface area contributed by atoms with Crippen molar-refractivity contribution >= 4 is 16.9 Å². The van der Waals surface area contributed by atoms with Crippen molar-refractivity contribution in [1.82, 2.24) is 19.9 Å². The van der Waals surface area contributed by atoms with Crippen LogP contribution in [0.3, 0.4) is 0 Å². The second-order valence-electron chi connectivity index (χ2n) is 6.21. The first kappa shape index (κ1) is 18.7. The van der Waals surface area contributed by atoms with E-state index in [1.54, 1.807) is 24.5 Å². The number of ether oxygens (including phenoxy) is 1. The maximum absolute atomic E-state index is 12.5. The van der Waals surface area contributed by atoms with Crippen LogP contribution in [0.1, 0.15) is 5.69 Å². The monoisotopic (exact) mass is 399 g/mol. The van der Waals surface area contributed by atoms with Gasteiger partial charge in [-0.1, -0.05) is 18.2 Å². The van der Waals surface area contributed by atoms with Crippen molar-refractivity contribution in [3.63, 3.8) is 0 Å². The molecular formula is C20H16F3N5O. The van der Waals surface area contributed by atoms with Crippen molar-refractivity contribution in [2.24, 2.45) is 0 Å². The number of aromatic amines is 1. The number of anilines is 1. The molecule has 3 aromatic heterocycles. The minimum atomic E-state index is -4.75. The van der Waals surface area contributed by atoms with Crippen LogP contribution in [-0.2, 0) is 6.42 Å². The summed E-state index contributed by atoms with van der Waals surface area (Å²) in [5.74, 6) is 0.708. The maximum Gasteiger partial charge on any atom is 0.573 e. The first-order valence-corrected chi connectivity index (χ1v) is 8.83. The standard InChI is InChI=1S/C20H16F3N5O/c21-20(22,23)29-15-6-3-4-13(12-15)18-27-16-8-11-26-19(17(16)28-18)25-10-7-14-5-1-2-9-24-14/h1-6,8-9,11-12H,7,10H2,(H,25,26)(H,27,28). The Morgan fingerprint density at radius 1 is 1.00 bits per heavy atom. The van der Waals surface area contributed by atoms with E-state index in [2.05, 4.69) is 30.0 Å². The Morgan fingerprint density at radius 2 is 1.90 bits per heavy atom. The van der Waals surface area contributed by atoms with Gasteiger partial charge >= 0.3 is 6.36 Å². The molecule has 3 heterocycles. The number of fused-ring (bicyclic) bond motifs is 1. The normalized spacial score (nSPS) is 11.6. The molecule has 0 unspecified atom stereocenters. The zero-order chi connectivity index (χ0) is 20.3.